The van der Waals surface area contributed by atoms with Crippen LogP contribution in [0, 0.1) is 12.3 Å². The Hall–Kier alpha value is -3.05. The van der Waals surface area contributed by atoms with Crippen LogP contribution >= 0.6 is 0 Å². The van der Waals surface area contributed by atoms with Gasteiger partial charge in [-0.1, -0.05) is 0 Å². The van der Waals surface area contributed by atoms with Gasteiger partial charge < -0.3 is 9.80 Å². The van der Waals surface area contributed by atoms with Crippen molar-refractivity contribution in [3.8, 4) is 0 Å². The molecule has 5 heterocycles. The zero-order chi connectivity index (χ0) is 22.7. The summed E-state index contributed by atoms with van der Waals surface area (Å²) in [6, 6.07) is 2.68. The van der Waals surface area contributed by atoms with E-state index in [9.17, 15) is 22.0 Å². The molecular weight excluding hydrogens is 433 g/mol. The number of rotatable bonds is 4. The molecule has 0 amide bonds. The molecule has 2 aliphatic rings. The largest absolute Gasteiger partial charge is 0.433 e. The number of pyridine rings is 1. The molecule has 0 unspecified atom stereocenters. The molecule has 0 aliphatic carbocycles. The van der Waals surface area contributed by atoms with Crippen LogP contribution in [0.4, 0.5) is 33.5 Å². The van der Waals surface area contributed by atoms with Gasteiger partial charge in [-0.3, -0.25) is 4.98 Å². The molecule has 7 nitrogen and oxygen atoms in total. The molecule has 3 aromatic heterocycles. The number of nitrogens with zero attached hydrogens (tertiary/aromatic N) is 7. The Morgan fingerprint density at radius 2 is 1.88 bits per heavy atom. The third-order valence-electron chi connectivity index (χ3n) is 6.12. The molecular formula is C20H20F5N7. The summed E-state index contributed by atoms with van der Waals surface area (Å²) < 4.78 is 65.9. The van der Waals surface area contributed by atoms with Crippen LogP contribution in [0.15, 0.2) is 24.5 Å². The average molecular weight is 453 g/mol. The van der Waals surface area contributed by atoms with Gasteiger partial charge in [0, 0.05) is 43.5 Å². The van der Waals surface area contributed by atoms with Crippen molar-refractivity contribution < 1.29 is 22.0 Å². The molecule has 0 radical (unpaired) electrons. The van der Waals surface area contributed by atoms with Crippen molar-refractivity contribution >= 4 is 22.7 Å². The lowest BCUT2D eigenvalue weighted by molar-refractivity contribution is -0.141. The van der Waals surface area contributed by atoms with Crippen molar-refractivity contribution in [2.75, 3.05) is 36.0 Å². The van der Waals surface area contributed by atoms with E-state index in [-0.39, 0.29) is 5.41 Å². The van der Waals surface area contributed by atoms with E-state index >= 15 is 0 Å². The highest BCUT2D eigenvalue weighted by atomic mass is 19.4. The Morgan fingerprint density at radius 3 is 2.59 bits per heavy atom. The first kappa shape index (κ1) is 20.8. The molecule has 12 heteroatoms. The van der Waals surface area contributed by atoms with Gasteiger partial charge in [0.15, 0.2) is 5.65 Å². The highest BCUT2D eigenvalue weighted by Gasteiger charge is 2.48. The van der Waals surface area contributed by atoms with Gasteiger partial charge in [-0.15, -0.1) is 0 Å². The molecule has 2 aliphatic heterocycles. The van der Waals surface area contributed by atoms with Gasteiger partial charge in [0.1, 0.15) is 23.6 Å². The van der Waals surface area contributed by atoms with Crippen molar-refractivity contribution in [2.45, 2.75) is 32.5 Å². The first-order valence-electron chi connectivity index (χ1n) is 10.2. The summed E-state index contributed by atoms with van der Waals surface area (Å²) in [6.45, 7) is 3.77. The summed E-state index contributed by atoms with van der Waals surface area (Å²) in [5, 5.41) is 4.11. The summed E-state index contributed by atoms with van der Waals surface area (Å²) in [5.41, 5.74) is 0.917. The topological polar surface area (TPSA) is 63.0 Å². The van der Waals surface area contributed by atoms with Crippen LogP contribution in [0.25, 0.3) is 11.2 Å². The minimum atomic E-state index is -4.48. The van der Waals surface area contributed by atoms with E-state index in [0.717, 1.165) is 12.5 Å². The highest BCUT2D eigenvalue weighted by Crippen LogP contribution is 2.43. The minimum absolute atomic E-state index is 0.0581. The van der Waals surface area contributed by atoms with E-state index in [0.29, 0.717) is 54.5 Å². The van der Waals surface area contributed by atoms with Gasteiger partial charge >= 0.3 is 6.18 Å². The van der Waals surface area contributed by atoms with Crippen molar-refractivity contribution in [1.29, 1.82) is 0 Å². The third kappa shape index (κ3) is 3.61. The van der Waals surface area contributed by atoms with Gasteiger partial charge in [0.05, 0.1) is 11.9 Å². The molecule has 0 saturated carbocycles. The number of hydrogen-bond acceptors (Lipinski definition) is 6. The fourth-order valence-electron chi connectivity index (χ4n) is 4.60. The molecule has 170 valence electrons. The maximum absolute atomic E-state index is 13.0. The van der Waals surface area contributed by atoms with E-state index in [1.807, 2.05) is 9.80 Å². The molecule has 5 rings (SSSR count). The molecule has 0 N–H and O–H groups in total. The molecule has 2 saturated heterocycles. The number of aromatic nitrogens is 5. The molecule has 1 spiro atoms. The van der Waals surface area contributed by atoms with E-state index in [4.69, 9.17) is 0 Å². The Morgan fingerprint density at radius 1 is 1.12 bits per heavy atom. The molecule has 0 atom stereocenters. The van der Waals surface area contributed by atoms with E-state index in [2.05, 4.69) is 20.1 Å². The second-order valence-electron chi connectivity index (χ2n) is 8.48. The lowest BCUT2D eigenvalue weighted by Gasteiger charge is -2.48. The predicted octanol–water partition coefficient (Wildman–Crippen LogP) is 3.53. The van der Waals surface area contributed by atoms with E-state index < -0.39 is 24.8 Å². The zero-order valence-electron chi connectivity index (χ0n) is 17.1. The van der Waals surface area contributed by atoms with Crippen LogP contribution in [0.5, 0.6) is 0 Å². The number of halogens is 5. The fourth-order valence-corrected chi connectivity index (χ4v) is 4.60. The predicted molar refractivity (Wildman–Crippen MR) is 107 cm³/mol. The first-order chi connectivity index (χ1) is 15.1. The number of fused-ring (bicyclic) bond motifs is 1. The van der Waals surface area contributed by atoms with Crippen LogP contribution in [0.3, 0.4) is 0 Å². The lowest BCUT2D eigenvalue weighted by Crippen LogP contribution is -2.58. The van der Waals surface area contributed by atoms with Crippen LogP contribution in [-0.4, -0.2) is 57.3 Å². The lowest BCUT2D eigenvalue weighted by atomic mass is 9.79. The van der Waals surface area contributed by atoms with Crippen molar-refractivity contribution in [1.82, 2.24) is 24.7 Å². The summed E-state index contributed by atoms with van der Waals surface area (Å²) >= 11 is 0. The number of anilines is 2. The Balaban J connectivity index is 1.30. The monoisotopic (exact) mass is 453 g/mol. The number of aryl methyl sites for hydroxylation is 1. The van der Waals surface area contributed by atoms with Crippen LogP contribution in [0.1, 0.15) is 17.8 Å². The first-order valence-corrected chi connectivity index (χ1v) is 10.2. The Labute approximate surface area is 179 Å². The molecule has 0 aromatic carbocycles. The smallest absolute Gasteiger partial charge is 0.371 e. The SMILES string of the molecule is Cc1nn(CC(F)F)c2nc(N3CC4(CCN(c5ccnc(C(F)(F)F)c5)C4)C3)cnc12. The van der Waals surface area contributed by atoms with Gasteiger partial charge in [0.25, 0.3) is 6.43 Å². The molecule has 0 bridgehead atoms. The summed E-state index contributed by atoms with van der Waals surface area (Å²) in [7, 11) is 0. The summed E-state index contributed by atoms with van der Waals surface area (Å²) in [6.07, 6.45) is -3.39. The average Bonchev–Trinajstić information content (AvgIpc) is 3.28. The van der Waals surface area contributed by atoms with Crippen molar-refractivity contribution in [3.63, 3.8) is 0 Å². The highest BCUT2D eigenvalue weighted by molar-refractivity contribution is 5.75. The third-order valence-corrected chi connectivity index (χ3v) is 6.12. The minimum Gasteiger partial charge on any atom is -0.371 e. The van der Waals surface area contributed by atoms with Gasteiger partial charge in [0.2, 0.25) is 0 Å². The molecule has 32 heavy (non-hydrogen) atoms. The van der Waals surface area contributed by atoms with Crippen molar-refractivity contribution in [3.05, 3.63) is 35.9 Å². The van der Waals surface area contributed by atoms with E-state index in [1.54, 1.807) is 19.2 Å². The Bertz CT molecular complexity index is 1150. The van der Waals surface area contributed by atoms with E-state index in [1.165, 1.54) is 10.9 Å². The standard InChI is InChI=1S/C20H20F5N7/c1-12-17-18(32(29-12)8-15(21)22)28-16(7-27-17)31-10-19(11-31)3-5-30(9-19)13-2-4-26-14(6-13)20(23,24)25/h2,4,6-7,15H,3,5,8-11H2,1H3. The summed E-state index contributed by atoms with van der Waals surface area (Å²) in [4.78, 5) is 16.3. The fraction of sp³-hybridized carbons (Fsp3) is 0.500. The van der Waals surface area contributed by atoms with Gasteiger partial charge in [-0.2, -0.15) is 18.3 Å². The maximum atomic E-state index is 13.0. The van der Waals surface area contributed by atoms with Gasteiger partial charge in [-0.05, 0) is 25.5 Å². The van der Waals surface area contributed by atoms with Crippen LogP contribution in [0.2, 0.25) is 0 Å². The normalized spacial score (nSPS) is 18.2. The maximum Gasteiger partial charge on any atom is 0.433 e. The molecule has 3 aromatic rings. The molecule has 2 fully saturated rings. The zero-order valence-corrected chi connectivity index (χ0v) is 17.1. The van der Waals surface area contributed by atoms with Crippen LogP contribution < -0.4 is 9.80 Å². The second kappa shape index (κ2) is 7.24. The van der Waals surface area contributed by atoms with Crippen LogP contribution in [-0.2, 0) is 12.7 Å². The number of hydrogen-bond donors (Lipinski definition) is 0. The number of alkyl halides is 5. The second-order valence-corrected chi connectivity index (χ2v) is 8.48. The quantitative estimate of drug-likeness (QED) is 0.564. The van der Waals surface area contributed by atoms with Gasteiger partial charge in [-0.25, -0.2) is 23.4 Å². The summed E-state index contributed by atoms with van der Waals surface area (Å²) in [5.74, 6) is 0.584. The van der Waals surface area contributed by atoms with Crippen molar-refractivity contribution in [2.24, 2.45) is 5.41 Å². The Kier molecular flexibility index (Phi) is 4.71.